The van der Waals surface area contributed by atoms with Crippen molar-refractivity contribution in [2.24, 2.45) is 4.74 Å². The lowest BCUT2D eigenvalue weighted by Crippen LogP contribution is -2.20. The first-order valence-electron chi connectivity index (χ1n) is 8.82. The first-order valence-corrected chi connectivity index (χ1v) is 10.6. The number of benzene rings is 4. The highest BCUT2D eigenvalue weighted by molar-refractivity contribution is 7.88. The van der Waals surface area contributed by atoms with Crippen molar-refractivity contribution in [2.45, 2.75) is 0 Å². The minimum atomic E-state index is -2.08. The van der Waals surface area contributed by atoms with E-state index in [0.717, 1.165) is 5.69 Å². The van der Waals surface area contributed by atoms with Crippen molar-refractivity contribution < 1.29 is 0 Å². The lowest BCUT2D eigenvalue weighted by atomic mass is 10.1. The van der Waals surface area contributed by atoms with Crippen LogP contribution in [-0.2, 0) is 0 Å². The maximum atomic E-state index is 5.45. The minimum absolute atomic E-state index is 1.04. The molecule has 0 aromatic heterocycles. The summed E-state index contributed by atoms with van der Waals surface area (Å²) in [5.41, 5.74) is 3.68. The van der Waals surface area contributed by atoms with E-state index in [-0.39, 0.29) is 0 Å². The van der Waals surface area contributed by atoms with Gasteiger partial charge in [0.25, 0.3) is 0 Å². The molecule has 1 nitrogen and oxygen atoms in total. The summed E-state index contributed by atoms with van der Waals surface area (Å²) in [7, 11) is -2.08. The quantitative estimate of drug-likeness (QED) is 0.374. The molecule has 0 bridgehead atoms. The standard InChI is InChI=1S/C24H18NP/c1-3-11-19(12-4-1)25-26(20-13-5-2-6-14-20)23-17-9-7-15-21(23)22-16-8-10-18-24(22)26/h1-18H. The molecule has 4 aromatic rings. The second-order valence-electron chi connectivity index (χ2n) is 6.44. The molecule has 1 aliphatic heterocycles. The van der Waals surface area contributed by atoms with Gasteiger partial charge in [0.05, 0.1) is 12.7 Å². The largest absolute Gasteiger partial charge is 0.254 e. The van der Waals surface area contributed by atoms with E-state index in [1.807, 2.05) is 6.07 Å². The van der Waals surface area contributed by atoms with Gasteiger partial charge in [0.15, 0.2) is 0 Å². The predicted octanol–water partition coefficient (Wildman–Crippen LogP) is 5.48. The molecule has 124 valence electrons. The van der Waals surface area contributed by atoms with E-state index >= 15 is 0 Å². The van der Waals surface area contributed by atoms with Gasteiger partial charge < -0.3 is 0 Å². The second kappa shape index (κ2) is 6.12. The Balaban J connectivity index is 1.97. The van der Waals surface area contributed by atoms with E-state index in [9.17, 15) is 0 Å². The fourth-order valence-electron chi connectivity index (χ4n) is 3.85. The van der Waals surface area contributed by atoms with Crippen LogP contribution in [0.2, 0.25) is 0 Å². The van der Waals surface area contributed by atoms with E-state index in [1.165, 1.54) is 27.0 Å². The summed E-state index contributed by atoms with van der Waals surface area (Å²) in [6, 6.07) is 38.7. The lowest BCUT2D eigenvalue weighted by molar-refractivity contribution is 1.55. The molecule has 1 aliphatic rings. The molecule has 1 heterocycles. The fourth-order valence-corrected chi connectivity index (χ4v) is 7.77. The van der Waals surface area contributed by atoms with Crippen LogP contribution in [0.3, 0.4) is 0 Å². The van der Waals surface area contributed by atoms with Crippen LogP contribution >= 0.6 is 7.05 Å². The van der Waals surface area contributed by atoms with Crippen LogP contribution in [-0.4, -0.2) is 0 Å². The van der Waals surface area contributed by atoms with Gasteiger partial charge in [-0.15, -0.1) is 0 Å². The average Bonchev–Trinajstić information content (AvgIpc) is 3.01. The molecular formula is C24H18NP. The van der Waals surface area contributed by atoms with Crippen LogP contribution in [0.1, 0.15) is 0 Å². The molecule has 0 saturated heterocycles. The smallest absolute Gasteiger partial charge is 0.0625 e. The highest BCUT2D eigenvalue weighted by atomic mass is 31.2. The Bertz CT molecular complexity index is 1080. The molecule has 26 heavy (non-hydrogen) atoms. The van der Waals surface area contributed by atoms with E-state index in [1.54, 1.807) is 0 Å². The summed E-state index contributed by atoms with van der Waals surface area (Å²) in [4.78, 5) is 0. The third-order valence-electron chi connectivity index (χ3n) is 4.95. The van der Waals surface area contributed by atoms with E-state index < -0.39 is 7.05 Å². The van der Waals surface area contributed by atoms with Crippen molar-refractivity contribution in [1.82, 2.24) is 0 Å². The van der Waals surface area contributed by atoms with Crippen molar-refractivity contribution in [3.8, 4) is 11.1 Å². The maximum absolute atomic E-state index is 5.45. The van der Waals surface area contributed by atoms with Crippen molar-refractivity contribution in [3.05, 3.63) is 109 Å². The Morgan fingerprint density at radius 3 is 1.50 bits per heavy atom. The summed E-state index contributed by atoms with van der Waals surface area (Å²) in [5.74, 6) is 0. The van der Waals surface area contributed by atoms with Gasteiger partial charge in [0.2, 0.25) is 0 Å². The lowest BCUT2D eigenvalue weighted by Gasteiger charge is -2.23. The minimum Gasteiger partial charge on any atom is -0.254 e. The van der Waals surface area contributed by atoms with Crippen LogP contribution in [0.15, 0.2) is 114 Å². The van der Waals surface area contributed by atoms with Crippen LogP contribution in [0.4, 0.5) is 5.69 Å². The summed E-state index contributed by atoms with van der Waals surface area (Å²) in [6.07, 6.45) is 0. The third-order valence-corrected chi connectivity index (χ3v) is 8.70. The van der Waals surface area contributed by atoms with E-state index in [4.69, 9.17) is 4.74 Å². The number of hydrogen-bond donors (Lipinski definition) is 0. The van der Waals surface area contributed by atoms with Crippen LogP contribution in [0.5, 0.6) is 0 Å². The zero-order chi connectivity index (χ0) is 17.4. The zero-order valence-corrected chi connectivity index (χ0v) is 15.2. The molecule has 0 atom stereocenters. The average molecular weight is 351 g/mol. The zero-order valence-electron chi connectivity index (χ0n) is 14.3. The Morgan fingerprint density at radius 1 is 0.462 bits per heavy atom. The number of rotatable bonds is 2. The molecule has 4 aromatic carbocycles. The summed E-state index contributed by atoms with van der Waals surface area (Å²) < 4.78 is 5.45. The van der Waals surface area contributed by atoms with E-state index in [0.29, 0.717) is 0 Å². The van der Waals surface area contributed by atoms with Gasteiger partial charge in [-0.1, -0.05) is 97.1 Å². The summed E-state index contributed by atoms with van der Waals surface area (Å²) in [6.45, 7) is 0. The van der Waals surface area contributed by atoms with Gasteiger partial charge in [-0.05, 0) is 23.3 Å². The van der Waals surface area contributed by atoms with Gasteiger partial charge in [-0.25, -0.2) is 0 Å². The first-order chi connectivity index (χ1) is 12.9. The van der Waals surface area contributed by atoms with Crippen LogP contribution in [0, 0.1) is 0 Å². The molecule has 2 heteroatoms. The highest BCUT2D eigenvalue weighted by Crippen LogP contribution is 2.56. The molecule has 0 spiro atoms. The van der Waals surface area contributed by atoms with Gasteiger partial charge in [0, 0.05) is 15.9 Å². The maximum Gasteiger partial charge on any atom is 0.0625 e. The molecule has 0 fully saturated rings. The van der Waals surface area contributed by atoms with Gasteiger partial charge >= 0.3 is 0 Å². The molecule has 5 rings (SSSR count). The SMILES string of the molecule is c1ccc(N=P2(c3ccccc3)c3ccccc3-c3ccccc32)cc1. The third kappa shape index (κ3) is 2.21. The highest BCUT2D eigenvalue weighted by Gasteiger charge is 2.37. The van der Waals surface area contributed by atoms with Crippen molar-refractivity contribution >= 4 is 28.7 Å². The Hall–Kier alpha value is -2.89. The molecular weight excluding hydrogens is 333 g/mol. The van der Waals surface area contributed by atoms with Crippen LogP contribution in [0.25, 0.3) is 11.1 Å². The molecule has 0 amide bonds. The van der Waals surface area contributed by atoms with Gasteiger partial charge in [-0.2, -0.15) is 0 Å². The second-order valence-corrected chi connectivity index (χ2v) is 9.39. The fraction of sp³-hybridized carbons (Fsp3) is 0. The number of nitrogens with zero attached hydrogens (tertiary/aromatic N) is 1. The van der Waals surface area contributed by atoms with Gasteiger partial charge in [0.1, 0.15) is 0 Å². The molecule has 0 N–H and O–H groups in total. The normalized spacial score (nSPS) is 13.7. The molecule has 0 radical (unpaired) electrons. The summed E-state index contributed by atoms with van der Waals surface area (Å²) in [5, 5.41) is 4.02. The van der Waals surface area contributed by atoms with Crippen LogP contribution < -0.4 is 15.9 Å². The monoisotopic (exact) mass is 351 g/mol. The number of fused-ring (bicyclic) bond motifs is 3. The molecule has 0 unspecified atom stereocenters. The molecule has 0 saturated carbocycles. The van der Waals surface area contributed by atoms with Crippen molar-refractivity contribution in [2.75, 3.05) is 0 Å². The van der Waals surface area contributed by atoms with Crippen molar-refractivity contribution in [3.63, 3.8) is 0 Å². The topological polar surface area (TPSA) is 12.4 Å². The predicted molar refractivity (Wildman–Crippen MR) is 113 cm³/mol. The van der Waals surface area contributed by atoms with Gasteiger partial charge in [-0.3, -0.25) is 4.74 Å². The number of hydrogen-bond acceptors (Lipinski definition) is 1. The van der Waals surface area contributed by atoms with E-state index in [2.05, 4.69) is 103 Å². The Labute approximate surface area is 154 Å². The first kappa shape index (κ1) is 15.4. The van der Waals surface area contributed by atoms with Crippen molar-refractivity contribution in [1.29, 1.82) is 0 Å². The molecule has 0 aliphatic carbocycles. The summed E-state index contributed by atoms with van der Waals surface area (Å²) >= 11 is 0. The Kier molecular flexibility index (Phi) is 3.62. The Morgan fingerprint density at radius 2 is 0.923 bits per heavy atom.